The summed E-state index contributed by atoms with van der Waals surface area (Å²) in [6.07, 6.45) is 0. The van der Waals surface area contributed by atoms with Gasteiger partial charge in [-0.1, -0.05) is 193 Å². The second kappa shape index (κ2) is 13.7. The smallest absolute Gasteiger partial charge is 0.253 e. The summed E-state index contributed by atoms with van der Waals surface area (Å²) in [5, 5.41) is 4.51. The number of benzene rings is 9. The van der Waals surface area contributed by atoms with Gasteiger partial charge in [0.1, 0.15) is 11.2 Å². The number of hydrogen-bond donors (Lipinski definition) is 0. The number of anilines is 6. The fourth-order valence-electron chi connectivity index (χ4n) is 12.6. The Morgan fingerprint density at radius 2 is 0.676 bits per heavy atom. The second-order valence-electron chi connectivity index (χ2n) is 21.1. The number of rotatable bonds is 4. The zero-order valence-electron chi connectivity index (χ0n) is 39.2. The van der Waals surface area contributed by atoms with Crippen LogP contribution in [0.25, 0.3) is 43.9 Å². The standard InChI is InChI=1S/C63H49BN2O2/c1-61(2,3)46-30-13-24-40-42-26-15-36-52(59(42)67-57(40)46)65-48-32-17-28-44-54(48)64-55-45(63(44,38-20-9-7-10-21-38)39-22-11-8-12-23-39)29-18-33-49(55)66(51-35-19-34-50(65)56(51)64)53-37-16-27-43-41-25-14-31-47(62(4,5)6)58(41)68-60(43)53/h7-37H,1-6H3. The molecule has 326 valence electrons. The molecule has 5 heterocycles. The highest BCUT2D eigenvalue weighted by Crippen LogP contribution is 2.55. The molecule has 0 atom stereocenters. The van der Waals surface area contributed by atoms with E-state index in [1.807, 2.05) is 0 Å². The van der Waals surface area contributed by atoms with E-state index < -0.39 is 5.41 Å². The van der Waals surface area contributed by atoms with Crippen molar-refractivity contribution >= 4 is 101 Å². The van der Waals surface area contributed by atoms with Crippen LogP contribution in [-0.2, 0) is 16.2 Å². The minimum atomic E-state index is -0.656. The van der Waals surface area contributed by atoms with E-state index in [2.05, 4.69) is 239 Å². The van der Waals surface area contributed by atoms with Gasteiger partial charge in [-0.2, -0.15) is 0 Å². The number of para-hydroxylation sites is 4. The van der Waals surface area contributed by atoms with E-state index in [-0.39, 0.29) is 17.5 Å². The Labute approximate surface area is 397 Å². The lowest BCUT2D eigenvalue weighted by Crippen LogP contribution is -2.68. The molecule has 3 aliphatic heterocycles. The predicted molar refractivity (Wildman–Crippen MR) is 284 cm³/mol. The average Bonchev–Trinajstić information content (AvgIpc) is 3.94. The molecule has 5 heteroatoms. The molecule has 14 rings (SSSR count). The van der Waals surface area contributed by atoms with Crippen molar-refractivity contribution in [3.05, 3.63) is 221 Å². The van der Waals surface area contributed by atoms with Gasteiger partial charge < -0.3 is 18.6 Å². The van der Waals surface area contributed by atoms with Crippen LogP contribution in [0.15, 0.2) is 197 Å². The molecule has 0 spiro atoms. The summed E-state index contributed by atoms with van der Waals surface area (Å²) in [7, 11) is 0. The van der Waals surface area contributed by atoms with Crippen molar-refractivity contribution in [1.82, 2.24) is 0 Å². The van der Waals surface area contributed by atoms with E-state index in [1.54, 1.807) is 0 Å². The van der Waals surface area contributed by atoms with Gasteiger partial charge in [0.05, 0.1) is 16.8 Å². The maximum absolute atomic E-state index is 7.24. The minimum Gasteiger partial charge on any atom is -0.454 e. The molecular weight excluding hydrogens is 828 g/mol. The van der Waals surface area contributed by atoms with Crippen LogP contribution in [0.5, 0.6) is 0 Å². The highest BCUT2D eigenvalue weighted by molar-refractivity contribution is 7.01. The lowest BCUT2D eigenvalue weighted by molar-refractivity contribution is 0.572. The molecule has 11 aromatic rings. The quantitative estimate of drug-likeness (QED) is 0.165. The van der Waals surface area contributed by atoms with Gasteiger partial charge in [0, 0.05) is 55.4 Å². The van der Waals surface area contributed by atoms with Gasteiger partial charge in [0.25, 0.3) is 6.71 Å². The minimum absolute atomic E-state index is 0.0589. The Morgan fingerprint density at radius 3 is 1.09 bits per heavy atom. The number of fused-ring (bicyclic) bond motifs is 6. The van der Waals surface area contributed by atoms with Gasteiger partial charge in [0.15, 0.2) is 11.2 Å². The van der Waals surface area contributed by atoms with Gasteiger partial charge in [-0.25, -0.2) is 0 Å². The van der Waals surface area contributed by atoms with Crippen LogP contribution >= 0.6 is 0 Å². The van der Waals surface area contributed by atoms with Gasteiger partial charge in [-0.15, -0.1) is 0 Å². The third-order valence-corrected chi connectivity index (χ3v) is 15.4. The fraction of sp³-hybridized carbons (Fsp3) is 0.143. The average molecular weight is 877 g/mol. The molecule has 0 bridgehead atoms. The van der Waals surface area contributed by atoms with E-state index in [1.165, 1.54) is 61.1 Å². The van der Waals surface area contributed by atoms with E-state index in [0.717, 1.165) is 66.6 Å². The Kier molecular flexibility index (Phi) is 7.92. The molecule has 2 aromatic heterocycles. The van der Waals surface area contributed by atoms with E-state index in [0.29, 0.717) is 0 Å². The Balaban J connectivity index is 1.14. The van der Waals surface area contributed by atoms with Crippen LogP contribution in [-0.4, -0.2) is 6.71 Å². The van der Waals surface area contributed by atoms with Crippen molar-refractivity contribution in [3.8, 4) is 0 Å². The van der Waals surface area contributed by atoms with Crippen LogP contribution in [0.1, 0.15) is 74.9 Å². The topological polar surface area (TPSA) is 32.8 Å². The van der Waals surface area contributed by atoms with Crippen LogP contribution in [0, 0.1) is 0 Å². The lowest BCUT2D eigenvalue weighted by atomic mass is 9.28. The predicted octanol–water partition coefficient (Wildman–Crippen LogP) is 14.9. The molecule has 0 radical (unpaired) electrons. The molecule has 0 saturated carbocycles. The molecule has 3 aliphatic rings. The van der Waals surface area contributed by atoms with Crippen molar-refractivity contribution in [2.75, 3.05) is 9.80 Å². The Bertz CT molecular complexity index is 3650. The third kappa shape index (κ3) is 5.06. The normalized spacial score (nSPS) is 14.6. The van der Waals surface area contributed by atoms with Crippen molar-refractivity contribution in [2.24, 2.45) is 0 Å². The summed E-state index contributed by atoms with van der Waals surface area (Å²) in [5.74, 6) is 0. The van der Waals surface area contributed by atoms with Gasteiger partial charge in [0.2, 0.25) is 0 Å². The lowest BCUT2D eigenvalue weighted by Gasteiger charge is -2.52. The third-order valence-electron chi connectivity index (χ3n) is 15.4. The van der Waals surface area contributed by atoms with E-state index in [9.17, 15) is 0 Å². The summed E-state index contributed by atoms with van der Waals surface area (Å²) >= 11 is 0. The number of nitrogens with zero attached hydrogens (tertiary/aromatic N) is 2. The van der Waals surface area contributed by atoms with Crippen LogP contribution in [0.3, 0.4) is 0 Å². The molecular formula is C63H49BN2O2. The van der Waals surface area contributed by atoms with E-state index >= 15 is 0 Å². The van der Waals surface area contributed by atoms with Crippen LogP contribution in [0.2, 0.25) is 0 Å². The van der Waals surface area contributed by atoms with Crippen LogP contribution in [0.4, 0.5) is 34.1 Å². The zero-order chi connectivity index (χ0) is 45.8. The molecule has 9 aromatic carbocycles. The first-order valence-corrected chi connectivity index (χ1v) is 24.1. The SMILES string of the molecule is CC(C)(C)c1cccc2c1oc1c(N3c4cccc5c4B4c6c3cccc6C(c3ccccc3)(c3ccccc3)c3cccc(c34)N5c3cccc4c3oc3c(C(C)(C)C)cccc34)cccc12. The highest BCUT2D eigenvalue weighted by Gasteiger charge is 2.55. The molecule has 0 amide bonds. The maximum Gasteiger partial charge on any atom is 0.253 e. The second-order valence-corrected chi connectivity index (χ2v) is 21.1. The fourth-order valence-corrected chi connectivity index (χ4v) is 12.6. The summed E-state index contributed by atoms with van der Waals surface area (Å²) in [6, 6.07) is 70.0. The van der Waals surface area contributed by atoms with Gasteiger partial charge in [-0.05, 0) is 85.9 Å². The first-order chi connectivity index (χ1) is 33.0. The molecule has 0 fully saturated rings. The molecule has 0 N–H and O–H groups in total. The molecule has 0 unspecified atom stereocenters. The maximum atomic E-state index is 7.24. The highest BCUT2D eigenvalue weighted by atomic mass is 16.3. The van der Waals surface area contributed by atoms with Gasteiger partial charge >= 0.3 is 0 Å². The summed E-state index contributed by atoms with van der Waals surface area (Å²) in [6.45, 7) is 13.6. The molecule has 0 saturated heterocycles. The Hall–Kier alpha value is -7.76. The Morgan fingerprint density at radius 1 is 0.338 bits per heavy atom. The zero-order valence-corrected chi connectivity index (χ0v) is 39.2. The summed E-state index contributed by atoms with van der Waals surface area (Å²) in [5.41, 5.74) is 20.8. The van der Waals surface area contributed by atoms with E-state index in [4.69, 9.17) is 8.83 Å². The largest absolute Gasteiger partial charge is 0.454 e. The summed E-state index contributed by atoms with van der Waals surface area (Å²) < 4.78 is 14.5. The van der Waals surface area contributed by atoms with Crippen molar-refractivity contribution in [2.45, 2.75) is 57.8 Å². The summed E-state index contributed by atoms with van der Waals surface area (Å²) in [4.78, 5) is 5.04. The number of hydrogen-bond acceptors (Lipinski definition) is 4. The molecule has 0 aliphatic carbocycles. The first kappa shape index (κ1) is 39.4. The van der Waals surface area contributed by atoms with Crippen LogP contribution < -0.4 is 26.2 Å². The van der Waals surface area contributed by atoms with Gasteiger partial charge in [-0.3, -0.25) is 0 Å². The number of furan rings is 2. The monoisotopic (exact) mass is 876 g/mol. The van der Waals surface area contributed by atoms with Crippen molar-refractivity contribution in [1.29, 1.82) is 0 Å². The molecule has 4 nitrogen and oxygen atoms in total. The first-order valence-electron chi connectivity index (χ1n) is 24.1. The van der Waals surface area contributed by atoms with Crippen molar-refractivity contribution < 1.29 is 8.83 Å². The van der Waals surface area contributed by atoms with Crippen molar-refractivity contribution in [3.63, 3.8) is 0 Å². The molecule has 68 heavy (non-hydrogen) atoms.